The van der Waals surface area contributed by atoms with E-state index in [0.717, 1.165) is 37.0 Å². The number of nitrogens with zero attached hydrogens (tertiary/aromatic N) is 1. The van der Waals surface area contributed by atoms with Crippen LogP contribution in [0.4, 0.5) is 0 Å². The number of hydrogen-bond donors (Lipinski definition) is 2. The summed E-state index contributed by atoms with van der Waals surface area (Å²) >= 11 is 0. The van der Waals surface area contributed by atoms with Crippen molar-refractivity contribution in [3.63, 3.8) is 0 Å². The van der Waals surface area contributed by atoms with Crippen LogP contribution >= 0.6 is 0 Å². The number of hydrogen-bond acceptors (Lipinski definition) is 3. The maximum absolute atomic E-state index is 9.23. The zero-order chi connectivity index (χ0) is 12.1. The molecule has 1 aromatic rings. The van der Waals surface area contributed by atoms with E-state index in [-0.39, 0.29) is 0 Å². The Kier molecular flexibility index (Phi) is 4.15. The first-order valence-corrected chi connectivity index (χ1v) is 6.29. The smallest absolute Gasteiger partial charge is 0.0898 e. The lowest BCUT2D eigenvalue weighted by Crippen LogP contribution is -2.32. The molecule has 0 spiro atoms. The summed E-state index contributed by atoms with van der Waals surface area (Å²) in [5, 5.41) is 16.1. The molecule has 0 saturated heterocycles. The summed E-state index contributed by atoms with van der Waals surface area (Å²) in [5.74, 6) is 0.395. The Bertz CT molecular complexity index is 367. The molecule has 0 amide bonds. The minimum Gasteiger partial charge on any atom is -0.411 e. The first-order chi connectivity index (χ1) is 8.35. The quantitative estimate of drug-likeness (QED) is 0.478. The third-order valence-electron chi connectivity index (χ3n) is 3.70. The average Bonchev–Trinajstić information content (AvgIpc) is 2.42. The fourth-order valence-electron chi connectivity index (χ4n) is 2.64. The Balaban J connectivity index is 2.06. The van der Waals surface area contributed by atoms with Crippen LogP contribution in [0.25, 0.3) is 0 Å². The molecule has 1 aromatic carbocycles. The Morgan fingerprint density at radius 3 is 2.35 bits per heavy atom. The fourth-order valence-corrected chi connectivity index (χ4v) is 2.64. The first kappa shape index (κ1) is 12.1. The maximum atomic E-state index is 9.23. The topological polar surface area (TPSA) is 44.6 Å². The highest BCUT2D eigenvalue weighted by atomic mass is 16.4. The average molecular weight is 232 g/mol. The SMILES string of the molecule is CNC1CCC(C(=NO)c2ccccc2)CC1. The van der Waals surface area contributed by atoms with Gasteiger partial charge in [-0.25, -0.2) is 0 Å². The third-order valence-corrected chi connectivity index (χ3v) is 3.70. The first-order valence-electron chi connectivity index (χ1n) is 6.29. The molecular weight excluding hydrogens is 212 g/mol. The van der Waals surface area contributed by atoms with Crippen LogP contribution in [-0.2, 0) is 0 Å². The molecule has 3 nitrogen and oxygen atoms in total. The van der Waals surface area contributed by atoms with Gasteiger partial charge in [-0.3, -0.25) is 0 Å². The Labute approximate surface area is 103 Å². The van der Waals surface area contributed by atoms with Gasteiger partial charge < -0.3 is 10.5 Å². The van der Waals surface area contributed by atoms with Gasteiger partial charge in [-0.15, -0.1) is 0 Å². The lowest BCUT2D eigenvalue weighted by molar-refractivity contribution is 0.304. The number of benzene rings is 1. The molecular formula is C14H20N2O. The van der Waals surface area contributed by atoms with E-state index in [9.17, 15) is 5.21 Å². The van der Waals surface area contributed by atoms with Crippen LogP contribution in [-0.4, -0.2) is 24.0 Å². The van der Waals surface area contributed by atoms with Gasteiger partial charge in [0.2, 0.25) is 0 Å². The van der Waals surface area contributed by atoms with E-state index in [4.69, 9.17) is 0 Å². The van der Waals surface area contributed by atoms with Crippen LogP contribution in [0.1, 0.15) is 31.2 Å². The molecule has 3 heteroatoms. The highest BCUT2D eigenvalue weighted by Crippen LogP contribution is 2.27. The molecule has 0 unspecified atom stereocenters. The molecule has 2 N–H and O–H groups in total. The lowest BCUT2D eigenvalue weighted by Gasteiger charge is -2.28. The number of oxime groups is 1. The van der Waals surface area contributed by atoms with Crippen LogP contribution in [0.5, 0.6) is 0 Å². The molecule has 0 aliphatic heterocycles. The van der Waals surface area contributed by atoms with Gasteiger partial charge in [0.25, 0.3) is 0 Å². The van der Waals surface area contributed by atoms with E-state index in [2.05, 4.69) is 10.5 Å². The highest BCUT2D eigenvalue weighted by Gasteiger charge is 2.25. The molecule has 1 aliphatic rings. The zero-order valence-corrected chi connectivity index (χ0v) is 10.3. The van der Waals surface area contributed by atoms with E-state index in [0.29, 0.717) is 12.0 Å². The monoisotopic (exact) mass is 232 g/mol. The van der Waals surface area contributed by atoms with Gasteiger partial charge in [0, 0.05) is 12.0 Å². The van der Waals surface area contributed by atoms with Crippen molar-refractivity contribution < 1.29 is 5.21 Å². The van der Waals surface area contributed by atoms with Gasteiger partial charge in [-0.05, 0) is 38.3 Å². The summed E-state index contributed by atoms with van der Waals surface area (Å²) < 4.78 is 0. The minimum atomic E-state index is 0.395. The Hall–Kier alpha value is -1.35. The van der Waals surface area contributed by atoms with Gasteiger partial charge in [0.15, 0.2) is 0 Å². The molecule has 0 heterocycles. The molecule has 92 valence electrons. The zero-order valence-electron chi connectivity index (χ0n) is 10.3. The summed E-state index contributed by atoms with van der Waals surface area (Å²) in [6.45, 7) is 0. The van der Waals surface area contributed by atoms with Crippen molar-refractivity contribution in [1.29, 1.82) is 0 Å². The predicted molar refractivity (Wildman–Crippen MR) is 69.6 cm³/mol. The number of nitrogens with one attached hydrogen (secondary N) is 1. The number of rotatable bonds is 3. The van der Waals surface area contributed by atoms with E-state index in [1.807, 2.05) is 37.4 Å². The second kappa shape index (κ2) is 5.82. The van der Waals surface area contributed by atoms with Crippen molar-refractivity contribution in [1.82, 2.24) is 5.32 Å². The van der Waals surface area contributed by atoms with Crippen LogP contribution in [0.15, 0.2) is 35.5 Å². The largest absolute Gasteiger partial charge is 0.411 e. The van der Waals surface area contributed by atoms with E-state index in [1.54, 1.807) is 0 Å². The van der Waals surface area contributed by atoms with E-state index < -0.39 is 0 Å². The van der Waals surface area contributed by atoms with Gasteiger partial charge in [-0.1, -0.05) is 35.5 Å². The molecule has 2 rings (SSSR count). The van der Waals surface area contributed by atoms with E-state index in [1.165, 1.54) is 0 Å². The fraction of sp³-hybridized carbons (Fsp3) is 0.500. The van der Waals surface area contributed by atoms with Crippen molar-refractivity contribution in [2.24, 2.45) is 11.1 Å². The summed E-state index contributed by atoms with van der Waals surface area (Å²) in [7, 11) is 2.02. The molecule has 0 bridgehead atoms. The van der Waals surface area contributed by atoms with Crippen molar-refractivity contribution in [3.05, 3.63) is 35.9 Å². The second-order valence-electron chi connectivity index (χ2n) is 4.69. The molecule has 0 aromatic heterocycles. The van der Waals surface area contributed by atoms with Crippen molar-refractivity contribution in [2.75, 3.05) is 7.05 Å². The summed E-state index contributed by atoms with van der Waals surface area (Å²) in [5.41, 5.74) is 1.89. The van der Waals surface area contributed by atoms with Gasteiger partial charge in [-0.2, -0.15) is 0 Å². The minimum absolute atomic E-state index is 0.395. The molecule has 0 atom stereocenters. The molecule has 1 aliphatic carbocycles. The van der Waals surface area contributed by atoms with Crippen molar-refractivity contribution in [3.8, 4) is 0 Å². The highest BCUT2D eigenvalue weighted by molar-refractivity contribution is 6.01. The van der Waals surface area contributed by atoms with Crippen LogP contribution in [0, 0.1) is 5.92 Å². The van der Waals surface area contributed by atoms with Gasteiger partial charge >= 0.3 is 0 Å². The van der Waals surface area contributed by atoms with Crippen molar-refractivity contribution >= 4 is 5.71 Å². The third kappa shape index (κ3) is 2.86. The molecule has 0 radical (unpaired) electrons. The summed E-state index contributed by atoms with van der Waals surface area (Å²) in [4.78, 5) is 0. The second-order valence-corrected chi connectivity index (χ2v) is 4.69. The van der Waals surface area contributed by atoms with Crippen LogP contribution < -0.4 is 5.32 Å². The standard InChI is InChI=1S/C14H20N2O/c1-15-13-9-7-12(8-10-13)14(16-17)11-5-3-2-4-6-11/h2-6,12-13,15,17H,7-10H2,1H3. The van der Waals surface area contributed by atoms with Gasteiger partial charge in [0.05, 0.1) is 5.71 Å². The Morgan fingerprint density at radius 1 is 1.18 bits per heavy atom. The van der Waals surface area contributed by atoms with Gasteiger partial charge in [0.1, 0.15) is 0 Å². The van der Waals surface area contributed by atoms with E-state index >= 15 is 0 Å². The van der Waals surface area contributed by atoms with Crippen molar-refractivity contribution in [2.45, 2.75) is 31.7 Å². The van der Waals surface area contributed by atoms with Crippen LogP contribution in [0.2, 0.25) is 0 Å². The molecule has 17 heavy (non-hydrogen) atoms. The van der Waals surface area contributed by atoms with Crippen LogP contribution in [0.3, 0.4) is 0 Å². The maximum Gasteiger partial charge on any atom is 0.0898 e. The normalized spacial score (nSPS) is 25.8. The predicted octanol–water partition coefficient (Wildman–Crippen LogP) is 2.64. The molecule has 1 saturated carbocycles. The lowest BCUT2D eigenvalue weighted by atomic mass is 9.81. The Morgan fingerprint density at radius 2 is 1.82 bits per heavy atom. The summed E-state index contributed by atoms with van der Waals surface area (Å²) in [6.07, 6.45) is 4.51. The summed E-state index contributed by atoms with van der Waals surface area (Å²) in [6, 6.07) is 10.6. The molecule has 1 fully saturated rings.